The van der Waals surface area contributed by atoms with Crippen LogP contribution in [0.4, 0.5) is 0 Å². The third-order valence-corrected chi connectivity index (χ3v) is 5.79. The fourth-order valence-corrected chi connectivity index (χ4v) is 4.11. The van der Waals surface area contributed by atoms with E-state index in [1.54, 1.807) is 14.2 Å². The second kappa shape index (κ2) is 11.8. The minimum absolute atomic E-state index is 0.309. The monoisotopic (exact) mass is 412 g/mol. The standard InChI is InChI=1S/C25H36N2O3/c1-4-5-7-12-22(27-15-13-26-14-16-27)21-17-24(28-2)25(29-3)18-23(21)30-19-20-10-8-6-9-11-20/h6,8-11,17-18,22,26H,4-5,7,12-16,19H2,1-3H3/t22-/m1/s1. The van der Waals surface area contributed by atoms with Crippen LogP contribution in [0, 0.1) is 0 Å². The maximum absolute atomic E-state index is 6.37. The van der Waals surface area contributed by atoms with Crippen LogP contribution in [0.1, 0.15) is 49.8 Å². The second-order valence-corrected chi connectivity index (χ2v) is 7.82. The number of methoxy groups -OCH3 is 2. The van der Waals surface area contributed by atoms with Crippen molar-refractivity contribution in [2.75, 3.05) is 40.4 Å². The van der Waals surface area contributed by atoms with E-state index in [0.29, 0.717) is 18.4 Å². The van der Waals surface area contributed by atoms with Crippen molar-refractivity contribution in [2.24, 2.45) is 0 Å². The van der Waals surface area contributed by atoms with Gasteiger partial charge in [-0.05, 0) is 18.1 Å². The molecule has 0 amide bonds. The molecule has 0 unspecified atom stereocenters. The molecule has 1 aliphatic rings. The third-order valence-electron chi connectivity index (χ3n) is 5.79. The Balaban J connectivity index is 1.93. The van der Waals surface area contributed by atoms with Gasteiger partial charge in [-0.25, -0.2) is 0 Å². The quantitative estimate of drug-likeness (QED) is 0.537. The average molecular weight is 413 g/mol. The van der Waals surface area contributed by atoms with Crippen LogP contribution in [0.25, 0.3) is 0 Å². The van der Waals surface area contributed by atoms with Gasteiger partial charge in [0.25, 0.3) is 0 Å². The Bertz CT molecular complexity index is 760. The molecule has 1 fully saturated rings. The normalized spacial score (nSPS) is 15.6. The van der Waals surface area contributed by atoms with Gasteiger partial charge in [0.15, 0.2) is 11.5 Å². The molecule has 0 spiro atoms. The SMILES string of the molecule is CCCCC[C@H](c1cc(OC)c(OC)cc1OCc1ccccc1)N1CCNCC1. The molecule has 0 saturated carbocycles. The molecule has 3 rings (SSSR count). The smallest absolute Gasteiger partial charge is 0.164 e. The summed E-state index contributed by atoms with van der Waals surface area (Å²) in [6.45, 7) is 6.93. The molecule has 1 N–H and O–H groups in total. The zero-order valence-corrected chi connectivity index (χ0v) is 18.7. The summed E-state index contributed by atoms with van der Waals surface area (Å²) in [4.78, 5) is 2.59. The molecule has 1 heterocycles. The summed E-state index contributed by atoms with van der Waals surface area (Å²) in [6, 6.07) is 14.7. The van der Waals surface area contributed by atoms with E-state index < -0.39 is 0 Å². The van der Waals surface area contributed by atoms with Gasteiger partial charge < -0.3 is 19.5 Å². The summed E-state index contributed by atoms with van der Waals surface area (Å²) in [5.74, 6) is 2.35. The van der Waals surface area contributed by atoms with Gasteiger partial charge in [0, 0.05) is 43.9 Å². The summed E-state index contributed by atoms with van der Waals surface area (Å²) in [7, 11) is 3.37. The molecule has 2 aromatic rings. The summed E-state index contributed by atoms with van der Waals surface area (Å²) in [5, 5.41) is 3.47. The number of nitrogens with one attached hydrogen (secondary N) is 1. The highest BCUT2D eigenvalue weighted by Crippen LogP contribution is 2.41. The van der Waals surface area contributed by atoms with Crippen LogP contribution >= 0.6 is 0 Å². The molecular formula is C25H36N2O3. The van der Waals surface area contributed by atoms with Gasteiger partial charge in [-0.3, -0.25) is 4.90 Å². The molecule has 2 aromatic carbocycles. The Labute approximate surface area is 181 Å². The lowest BCUT2D eigenvalue weighted by atomic mass is 9.96. The van der Waals surface area contributed by atoms with E-state index in [1.165, 1.54) is 24.8 Å². The third kappa shape index (κ3) is 5.89. The zero-order valence-electron chi connectivity index (χ0n) is 18.7. The number of hydrogen-bond acceptors (Lipinski definition) is 5. The van der Waals surface area contributed by atoms with E-state index >= 15 is 0 Å². The first kappa shape index (κ1) is 22.4. The van der Waals surface area contributed by atoms with Gasteiger partial charge >= 0.3 is 0 Å². The molecule has 164 valence electrons. The Morgan fingerprint density at radius 1 is 0.933 bits per heavy atom. The van der Waals surface area contributed by atoms with Crippen LogP contribution in [-0.2, 0) is 6.61 Å². The van der Waals surface area contributed by atoms with E-state index in [0.717, 1.165) is 49.7 Å². The molecule has 0 bridgehead atoms. The van der Waals surface area contributed by atoms with Crippen molar-refractivity contribution in [1.82, 2.24) is 10.2 Å². The number of piperazine rings is 1. The molecule has 0 radical (unpaired) electrons. The van der Waals surface area contributed by atoms with Gasteiger partial charge in [-0.2, -0.15) is 0 Å². The first-order valence-corrected chi connectivity index (χ1v) is 11.1. The number of nitrogens with zero attached hydrogens (tertiary/aromatic N) is 1. The fraction of sp³-hybridized carbons (Fsp3) is 0.520. The first-order valence-electron chi connectivity index (χ1n) is 11.1. The molecule has 1 atom stereocenters. The Morgan fingerprint density at radius 2 is 1.63 bits per heavy atom. The molecule has 1 aliphatic heterocycles. The van der Waals surface area contributed by atoms with Gasteiger partial charge in [0.2, 0.25) is 0 Å². The van der Waals surface area contributed by atoms with Crippen molar-refractivity contribution in [3.63, 3.8) is 0 Å². The number of unbranched alkanes of at least 4 members (excludes halogenated alkanes) is 2. The van der Waals surface area contributed by atoms with E-state index in [-0.39, 0.29) is 0 Å². The summed E-state index contributed by atoms with van der Waals surface area (Å²) in [6.07, 6.45) is 4.79. The minimum atomic E-state index is 0.309. The van der Waals surface area contributed by atoms with E-state index in [1.807, 2.05) is 24.3 Å². The van der Waals surface area contributed by atoms with Crippen molar-refractivity contribution >= 4 is 0 Å². The van der Waals surface area contributed by atoms with E-state index in [2.05, 4.69) is 35.3 Å². The average Bonchev–Trinajstić information content (AvgIpc) is 2.81. The van der Waals surface area contributed by atoms with E-state index in [9.17, 15) is 0 Å². The van der Waals surface area contributed by atoms with Gasteiger partial charge in [0.1, 0.15) is 12.4 Å². The maximum Gasteiger partial charge on any atom is 0.164 e. The Hall–Kier alpha value is -2.24. The van der Waals surface area contributed by atoms with Crippen molar-refractivity contribution < 1.29 is 14.2 Å². The van der Waals surface area contributed by atoms with Crippen molar-refractivity contribution in [3.05, 3.63) is 53.6 Å². The highest BCUT2D eigenvalue weighted by Gasteiger charge is 2.26. The summed E-state index contributed by atoms with van der Waals surface area (Å²) in [5.41, 5.74) is 2.35. The van der Waals surface area contributed by atoms with Crippen molar-refractivity contribution in [2.45, 2.75) is 45.3 Å². The maximum atomic E-state index is 6.37. The van der Waals surface area contributed by atoms with Gasteiger partial charge in [-0.1, -0.05) is 56.5 Å². The number of rotatable bonds is 11. The molecule has 0 aliphatic carbocycles. The number of benzene rings is 2. The second-order valence-electron chi connectivity index (χ2n) is 7.82. The van der Waals surface area contributed by atoms with Crippen LogP contribution in [0.3, 0.4) is 0 Å². The first-order chi connectivity index (χ1) is 14.8. The number of hydrogen-bond donors (Lipinski definition) is 1. The van der Waals surface area contributed by atoms with Gasteiger partial charge in [-0.15, -0.1) is 0 Å². The van der Waals surface area contributed by atoms with Crippen molar-refractivity contribution in [3.8, 4) is 17.2 Å². The van der Waals surface area contributed by atoms with Crippen molar-refractivity contribution in [1.29, 1.82) is 0 Å². The zero-order chi connectivity index (χ0) is 21.2. The molecule has 5 nitrogen and oxygen atoms in total. The Kier molecular flexibility index (Phi) is 8.84. The summed E-state index contributed by atoms with van der Waals surface area (Å²) >= 11 is 0. The highest BCUT2D eigenvalue weighted by molar-refractivity contribution is 5.52. The molecule has 5 heteroatoms. The predicted octanol–water partition coefficient (Wildman–Crippen LogP) is 4.81. The lowest BCUT2D eigenvalue weighted by molar-refractivity contribution is 0.157. The van der Waals surface area contributed by atoms with Gasteiger partial charge in [0.05, 0.1) is 14.2 Å². The Morgan fingerprint density at radius 3 is 2.30 bits per heavy atom. The summed E-state index contributed by atoms with van der Waals surface area (Å²) < 4.78 is 17.6. The molecule has 1 saturated heterocycles. The lowest BCUT2D eigenvalue weighted by Crippen LogP contribution is -2.45. The topological polar surface area (TPSA) is 43.0 Å². The number of ether oxygens (including phenoxy) is 3. The fourth-order valence-electron chi connectivity index (χ4n) is 4.11. The van der Waals surface area contributed by atoms with E-state index in [4.69, 9.17) is 14.2 Å². The lowest BCUT2D eigenvalue weighted by Gasteiger charge is -2.36. The van der Waals surface area contributed by atoms with Crippen LogP contribution in [-0.4, -0.2) is 45.3 Å². The van der Waals surface area contributed by atoms with Crippen LogP contribution < -0.4 is 19.5 Å². The molecule has 0 aromatic heterocycles. The predicted molar refractivity (Wildman–Crippen MR) is 122 cm³/mol. The largest absolute Gasteiger partial charge is 0.493 e. The molecule has 30 heavy (non-hydrogen) atoms. The van der Waals surface area contributed by atoms with Crippen LogP contribution in [0.5, 0.6) is 17.2 Å². The molecular weight excluding hydrogens is 376 g/mol. The van der Waals surface area contributed by atoms with Crippen LogP contribution in [0.15, 0.2) is 42.5 Å². The highest BCUT2D eigenvalue weighted by atomic mass is 16.5. The van der Waals surface area contributed by atoms with Crippen LogP contribution in [0.2, 0.25) is 0 Å². The minimum Gasteiger partial charge on any atom is -0.493 e.